The van der Waals surface area contributed by atoms with Gasteiger partial charge in [-0.05, 0) is 44.4 Å². The number of anilines is 1. The first kappa shape index (κ1) is 18.1. The first-order chi connectivity index (χ1) is 10.8. The summed E-state index contributed by atoms with van der Waals surface area (Å²) in [5, 5.41) is 0.540. The summed E-state index contributed by atoms with van der Waals surface area (Å²) in [6.07, 6.45) is 0. The molecule has 0 spiro atoms. The Hall–Kier alpha value is -1.27. The molecule has 0 saturated carbocycles. The van der Waals surface area contributed by atoms with E-state index in [-0.39, 0.29) is 9.92 Å². The van der Waals surface area contributed by atoms with Crippen LogP contribution in [0.3, 0.4) is 0 Å². The molecule has 0 aliphatic rings. The van der Waals surface area contributed by atoms with E-state index in [4.69, 9.17) is 23.2 Å². The second-order valence-corrected chi connectivity index (χ2v) is 7.97. The van der Waals surface area contributed by atoms with E-state index in [2.05, 4.69) is 0 Å². The minimum absolute atomic E-state index is 0.120. The van der Waals surface area contributed by atoms with Crippen LogP contribution in [0, 0.1) is 0 Å². The lowest BCUT2D eigenvalue weighted by atomic mass is 10.3. The molecule has 0 aliphatic heterocycles. The predicted octanol–water partition coefficient (Wildman–Crippen LogP) is 3.75. The number of hydrogen-bond donors (Lipinski definition) is 0. The van der Waals surface area contributed by atoms with E-state index in [1.54, 1.807) is 12.1 Å². The van der Waals surface area contributed by atoms with Gasteiger partial charge < -0.3 is 4.90 Å². The molecule has 0 fully saturated rings. The third kappa shape index (κ3) is 4.38. The Kier molecular flexibility index (Phi) is 5.92. The number of hydrogen-bond acceptors (Lipinski definition) is 3. The van der Waals surface area contributed by atoms with Crippen molar-refractivity contribution in [2.24, 2.45) is 0 Å². The standard InChI is InChI=1S/C16H18Cl2N2O2S/c1-19(2)10-11-20(13-6-4-3-5-7-13)23(21,22)14-8-9-15(17)16(18)12-14/h3-9,12H,10-11H2,1-2H3. The number of rotatable bonds is 6. The Morgan fingerprint density at radius 3 is 2.13 bits per heavy atom. The van der Waals surface area contributed by atoms with Crippen LogP contribution < -0.4 is 4.31 Å². The summed E-state index contributed by atoms with van der Waals surface area (Å²) in [6.45, 7) is 0.926. The number of likely N-dealkylation sites (N-methyl/N-ethyl adjacent to an activating group) is 1. The SMILES string of the molecule is CN(C)CCN(c1ccccc1)S(=O)(=O)c1ccc(Cl)c(Cl)c1. The van der Waals surface area contributed by atoms with Crippen LogP contribution in [-0.2, 0) is 10.0 Å². The maximum Gasteiger partial charge on any atom is 0.264 e. The molecule has 0 unspecified atom stereocenters. The number of nitrogens with zero attached hydrogens (tertiary/aromatic N) is 2. The molecule has 23 heavy (non-hydrogen) atoms. The lowest BCUT2D eigenvalue weighted by Crippen LogP contribution is -2.36. The summed E-state index contributed by atoms with van der Waals surface area (Å²) in [4.78, 5) is 2.05. The highest BCUT2D eigenvalue weighted by molar-refractivity contribution is 7.92. The van der Waals surface area contributed by atoms with Crippen molar-refractivity contribution in [3.05, 3.63) is 58.6 Å². The fraction of sp³-hybridized carbons (Fsp3) is 0.250. The van der Waals surface area contributed by atoms with E-state index in [1.807, 2.05) is 37.2 Å². The number of sulfonamides is 1. The number of benzene rings is 2. The quantitative estimate of drug-likeness (QED) is 0.774. The zero-order valence-corrected chi connectivity index (χ0v) is 15.2. The van der Waals surface area contributed by atoms with E-state index in [0.717, 1.165) is 0 Å². The van der Waals surface area contributed by atoms with Gasteiger partial charge in [-0.3, -0.25) is 4.31 Å². The van der Waals surface area contributed by atoms with Crippen LogP contribution in [0.15, 0.2) is 53.4 Å². The Labute approximate surface area is 147 Å². The molecule has 7 heteroatoms. The fourth-order valence-corrected chi connectivity index (χ4v) is 3.88. The lowest BCUT2D eigenvalue weighted by molar-refractivity contribution is 0.419. The highest BCUT2D eigenvalue weighted by atomic mass is 35.5. The first-order valence-electron chi connectivity index (χ1n) is 7.00. The minimum atomic E-state index is -3.73. The van der Waals surface area contributed by atoms with Crippen LogP contribution in [0.2, 0.25) is 10.0 Å². The Morgan fingerprint density at radius 2 is 1.57 bits per heavy atom. The van der Waals surface area contributed by atoms with Gasteiger partial charge in [0.1, 0.15) is 0 Å². The third-order valence-corrected chi connectivity index (χ3v) is 5.84. The molecule has 2 rings (SSSR count). The summed E-state index contributed by atoms with van der Waals surface area (Å²) in [7, 11) is 0.0701. The maximum atomic E-state index is 13.0. The normalized spacial score (nSPS) is 11.7. The van der Waals surface area contributed by atoms with Crippen molar-refractivity contribution in [1.82, 2.24) is 4.90 Å². The summed E-state index contributed by atoms with van der Waals surface area (Å²) in [6, 6.07) is 13.3. The van der Waals surface area contributed by atoms with Gasteiger partial charge in [-0.15, -0.1) is 0 Å². The minimum Gasteiger partial charge on any atom is -0.308 e. The van der Waals surface area contributed by atoms with Gasteiger partial charge in [-0.25, -0.2) is 8.42 Å². The second-order valence-electron chi connectivity index (χ2n) is 5.29. The highest BCUT2D eigenvalue weighted by Crippen LogP contribution is 2.28. The van der Waals surface area contributed by atoms with Crippen molar-refractivity contribution in [3.63, 3.8) is 0 Å². The van der Waals surface area contributed by atoms with Crippen LogP contribution >= 0.6 is 23.2 Å². The van der Waals surface area contributed by atoms with Gasteiger partial charge in [0.2, 0.25) is 0 Å². The average molecular weight is 373 g/mol. The smallest absolute Gasteiger partial charge is 0.264 e. The van der Waals surface area contributed by atoms with Gasteiger partial charge >= 0.3 is 0 Å². The molecule has 0 atom stereocenters. The van der Waals surface area contributed by atoms with E-state index >= 15 is 0 Å². The lowest BCUT2D eigenvalue weighted by Gasteiger charge is -2.26. The van der Waals surface area contributed by atoms with Gasteiger partial charge in [0.25, 0.3) is 10.0 Å². The monoisotopic (exact) mass is 372 g/mol. The molecule has 0 saturated heterocycles. The molecule has 0 bridgehead atoms. The van der Waals surface area contributed by atoms with Crippen LogP contribution in [-0.4, -0.2) is 40.5 Å². The molecule has 2 aromatic rings. The van der Waals surface area contributed by atoms with Gasteiger partial charge in [-0.1, -0.05) is 41.4 Å². The van der Waals surface area contributed by atoms with Gasteiger partial charge in [-0.2, -0.15) is 0 Å². The van der Waals surface area contributed by atoms with Crippen LogP contribution in [0.5, 0.6) is 0 Å². The van der Waals surface area contributed by atoms with Gasteiger partial charge in [0, 0.05) is 13.1 Å². The van der Waals surface area contributed by atoms with Gasteiger partial charge in [0.15, 0.2) is 0 Å². The average Bonchev–Trinajstić information content (AvgIpc) is 2.50. The number of halogens is 2. The largest absolute Gasteiger partial charge is 0.308 e. The molecule has 124 valence electrons. The Balaban J connectivity index is 2.45. The predicted molar refractivity (Wildman–Crippen MR) is 96.0 cm³/mol. The Morgan fingerprint density at radius 1 is 0.913 bits per heavy atom. The topological polar surface area (TPSA) is 40.6 Å². The first-order valence-corrected chi connectivity index (χ1v) is 9.19. The Bertz CT molecular complexity index is 765. The van der Waals surface area contributed by atoms with E-state index in [0.29, 0.717) is 23.8 Å². The van der Waals surface area contributed by atoms with Crippen molar-refractivity contribution in [2.75, 3.05) is 31.5 Å². The zero-order valence-electron chi connectivity index (χ0n) is 12.9. The summed E-state index contributed by atoms with van der Waals surface area (Å²) in [5.41, 5.74) is 0.612. The molecule has 0 N–H and O–H groups in total. The summed E-state index contributed by atoms with van der Waals surface area (Å²) < 4.78 is 27.4. The van der Waals surface area contributed by atoms with Crippen molar-refractivity contribution in [2.45, 2.75) is 4.90 Å². The van der Waals surface area contributed by atoms with E-state index in [1.165, 1.54) is 22.5 Å². The number of para-hydroxylation sites is 1. The fourth-order valence-electron chi connectivity index (χ4n) is 2.04. The summed E-state index contributed by atoms with van der Waals surface area (Å²) >= 11 is 11.9. The molecule has 0 aliphatic carbocycles. The van der Waals surface area contributed by atoms with Crippen molar-refractivity contribution in [1.29, 1.82) is 0 Å². The van der Waals surface area contributed by atoms with Gasteiger partial charge in [0.05, 0.1) is 20.6 Å². The van der Waals surface area contributed by atoms with Crippen molar-refractivity contribution >= 4 is 38.9 Å². The second kappa shape index (κ2) is 7.53. The van der Waals surface area contributed by atoms with E-state index < -0.39 is 10.0 Å². The molecule has 0 aromatic heterocycles. The van der Waals surface area contributed by atoms with Crippen LogP contribution in [0.25, 0.3) is 0 Å². The van der Waals surface area contributed by atoms with Crippen molar-refractivity contribution < 1.29 is 8.42 Å². The molecule has 4 nitrogen and oxygen atoms in total. The van der Waals surface area contributed by atoms with Crippen LogP contribution in [0.4, 0.5) is 5.69 Å². The molecule has 0 heterocycles. The molecule has 0 radical (unpaired) electrons. The zero-order chi connectivity index (χ0) is 17.0. The molecular formula is C16H18Cl2N2O2S. The molecule has 0 amide bonds. The molecule has 2 aromatic carbocycles. The summed E-state index contributed by atoms with van der Waals surface area (Å²) in [5.74, 6) is 0. The third-order valence-electron chi connectivity index (χ3n) is 3.27. The van der Waals surface area contributed by atoms with Crippen LogP contribution in [0.1, 0.15) is 0 Å². The highest BCUT2D eigenvalue weighted by Gasteiger charge is 2.25. The van der Waals surface area contributed by atoms with E-state index in [9.17, 15) is 8.42 Å². The molecular weight excluding hydrogens is 355 g/mol. The van der Waals surface area contributed by atoms with Crippen molar-refractivity contribution in [3.8, 4) is 0 Å². The maximum absolute atomic E-state index is 13.0.